The standard InChI is InChI=1S/C17H9Cl6N3S/c18-16(19,20)14-24-13(25-15(26-14)17(21,22)23)10-6-8-12(9-7-10)27-11-4-2-1-3-5-11/h1-9H. The average molecular weight is 500 g/mol. The van der Waals surface area contributed by atoms with Gasteiger partial charge in [0.15, 0.2) is 17.5 Å². The minimum absolute atomic E-state index is 0.124. The Hall–Kier alpha value is -0.460. The summed E-state index contributed by atoms with van der Waals surface area (Å²) in [6.07, 6.45) is 0. The van der Waals surface area contributed by atoms with Gasteiger partial charge >= 0.3 is 0 Å². The number of rotatable bonds is 3. The summed E-state index contributed by atoms with van der Waals surface area (Å²) >= 11 is 37.0. The van der Waals surface area contributed by atoms with E-state index in [1.807, 2.05) is 54.6 Å². The second-order valence-electron chi connectivity index (χ2n) is 5.24. The summed E-state index contributed by atoms with van der Waals surface area (Å²) in [6, 6.07) is 17.5. The van der Waals surface area contributed by atoms with Crippen molar-refractivity contribution < 1.29 is 0 Å². The van der Waals surface area contributed by atoms with E-state index in [-0.39, 0.29) is 17.5 Å². The summed E-state index contributed by atoms with van der Waals surface area (Å²) in [5.74, 6) is -0.00737. The molecule has 27 heavy (non-hydrogen) atoms. The van der Waals surface area contributed by atoms with Crippen LogP contribution in [0.4, 0.5) is 0 Å². The molecule has 0 spiro atoms. The third kappa shape index (κ3) is 5.77. The van der Waals surface area contributed by atoms with Crippen molar-refractivity contribution in [3.8, 4) is 11.4 Å². The molecule has 0 aliphatic carbocycles. The first-order valence-corrected chi connectivity index (χ1v) is 10.5. The highest BCUT2D eigenvalue weighted by molar-refractivity contribution is 7.99. The molecule has 10 heteroatoms. The summed E-state index contributed by atoms with van der Waals surface area (Å²) in [4.78, 5) is 14.5. The Morgan fingerprint density at radius 1 is 0.593 bits per heavy atom. The van der Waals surface area contributed by atoms with Crippen LogP contribution in [-0.2, 0) is 7.59 Å². The Labute approximate surface area is 190 Å². The van der Waals surface area contributed by atoms with Crippen LogP contribution in [0.2, 0.25) is 0 Å². The molecule has 0 saturated carbocycles. The first-order chi connectivity index (χ1) is 12.6. The van der Waals surface area contributed by atoms with E-state index in [4.69, 9.17) is 69.6 Å². The van der Waals surface area contributed by atoms with Gasteiger partial charge in [0, 0.05) is 15.4 Å². The number of aromatic nitrogens is 3. The van der Waals surface area contributed by atoms with E-state index in [1.54, 1.807) is 11.8 Å². The molecular formula is C17H9Cl6N3S. The minimum Gasteiger partial charge on any atom is -0.209 e. The zero-order valence-corrected chi connectivity index (χ0v) is 18.6. The van der Waals surface area contributed by atoms with E-state index in [2.05, 4.69) is 15.0 Å². The van der Waals surface area contributed by atoms with Crippen molar-refractivity contribution in [1.82, 2.24) is 15.0 Å². The third-order valence-corrected chi connectivity index (χ3v) is 5.26. The first-order valence-electron chi connectivity index (χ1n) is 7.37. The lowest BCUT2D eigenvalue weighted by atomic mass is 10.2. The molecule has 0 amide bonds. The number of alkyl halides is 6. The second-order valence-corrected chi connectivity index (χ2v) is 11.0. The summed E-state index contributed by atoms with van der Waals surface area (Å²) in [6.45, 7) is 0. The maximum atomic E-state index is 5.90. The summed E-state index contributed by atoms with van der Waals surface area (Å²) < 4.78 is -3.77. The molecule has 0 radical (unpaired) electrons. The third-order valence-electron chi connectivity index (χ3n) is 3.23. The van der Waals surface area contributed by atoms with Gasteiger partial charge in [0.25, 0.3) is 0 Å². The van der Waals surface area contributed by atoms with E-state index < -0.39 is 7.59 Å². The van der Waals surface area contributed by atoms with Crippen LogP contribution < -0.4 is 0 Å². The molecule has 0 bridgehead atoms. The van der Waals surface area contributed by atoms with Crippen LogP contribution in [0.25, 0.3) is 11.4 Å². The molecule has 3 nitrogen and oxygen atoms in total. The number of hydrogen-bond donors (Lipinski definition) is 0. The van der Waals surface area contributed by atoms with Gasteiger partial charge in [-0.2, -0.15) is 0 Å². The van der Waals surface area contributed by atoms with E-state index in [9.17, 15) is 0 Å². The van der Waals surface area contributed by atoms with Crippen molar-refractivity contribution in [2.24, 2.45) is 0 Å². The van der Waals surface area contributed by atoms with Gasteiger partial charge in [0.2, 0.25) is 7.59 Å². The predicted molar refractivity (Wildman–Crippen MR) is 114 cm³/mol. The zero-order valence-electron chi connectivity index (χ0n) is 13.2. The second kappa shape index (κ2) is 8.50. The summed E-state index contributed by atoms with van der Waals surface area (Å²) in [7, 11) is 0. The molecular weight excluding hydrogens is 491 g/mol. The lowest BCUT2D eigenvalue weighted by Crippen LogP contribution is -2.16. The van der Waals surface area contributed by atoms with Gasteiger partial charge in [0.05, 0.1) is 0 Å². The Morgan fingerprint density at radius 3 is 1.56 bits per heavy atom. The van der Waals surface area contributed by atoms with Crippen molar-refractivity contribution in [1.29, 1.82) is 0 Å². The van der Waals surface area contributed by atoms with Crippen molar-refractivity contribution in [2.75, 3.05) is 0 Å². The quantitative estimate of drug-likeness (QED) is 0.353. The van der Waals surface area contributed by atoms with Gasteiger partial charge in [-0.3, -0.25) is 0 Å². The van der Waals surface area contributed by atoms with Crippen molar-refractivity contribution in [3.63, 3.8) is 0 Å². The van der Waals surface area contributed by atoms with Gasteiger partial charge in [-0.1, -0.05) is 112 Å². The van der Waals surface area contributed by atoms with Crippen molar-refractivity contribution in [3.05, 3.63) is 66.2 Å². The number of halogens is 6. The molecule has 2 aromatic carbocycles. The Balaban J connectivity index is 1.95. The van der Waals surface area contributed by atoms with Gasteiger partial charge in [-0.15, -0.1) is 0 Å². The molecule has 0 fully saturated rings. The van der Waals surface area contributed by atoms with Crippen LogP contribution in [0.15, 0.2) is 64.4 Å². The van der Waals surface area contributed by atoms with Crippen molar-refractivity contribution >= 4 is 81.4 Å². The van der Waals surface area contributed by atoms with Crippen molar-refractivity contribution in [2.45, 2.75) is 17.4 Å². The zero-order chi connectivity index (χ0) is 19.7. The SMILES string of the molecule is ClC(Cl)(Cl)c1nc(-c2ccc(Sc3ccccc3)cc2)nc(C(Cl)(Cl)Cl)n1. The summed E-state index contributed by atoms with van der Waals surface area (Å²) in [5.41, 5.74) is 0.667. The maximum Gasteiger partial charge on any atom is 0.250 e. The fourth-order valence-corrected chi connectivity index (χ4v) is 3.40. The molecule has 0 aliphatic rings. The molecule has 1 aromatic heterocycles. The minimum atomic E-state index is -1.88. The monoisotopic (exact) mass is 497 g/mol. The molecule has 0 saturated heterocycles. The van der Waals surface area contributed by atoms with E-state index in [1.165, 1.54) is 0 Å². The molecule has 0 aliphatic heterocycles. The topological polar surface area (TPSA) is 38.7 Å². The first kappa shape index (κ1) is 21.3. The molecule has 3 rings (SSSR count). The Bertz CT molecular complexity index is 892. The van der Waals surface area contributed by atoms with Crippen LogP contribution >= 0.6 is 81.4 Å². The number of benzene rings is 2. The van der Waals surface area contributed by atoms with Crippen LogP contribution in [0.3, 0.4) is 0 Å². The van der Waals surface area contributed by atoms with Gasteiger partial charge < -0.3 is 0 Å². The normalized spacial score (nSPS) is 12.2. The number of nitrogens with zero attached hydrogens (tertiary/aromatic N) is 3. The lowest BCUT2D eigenvalue weighted by Gasteiger charge is -2.15. The lowest BCUT2D eigenvalue weighted by molar-refractivity contribution is 0.851. The van der Waals surface area contributed by atoms with Crippen LogP contribution in [0.5, 0.6) is 0 Å². The molecule has 0 N–H and O–H groups in total. The molecule has 1 heterocycles. The van der Waals surface area contributed by atoms with Gasteiger partial charge in [-0.25, -0.2) is 15.0 Å². The van der Waals surface area contributed by atoms with E-state index in [0.717, 1.165) is 9.79 Å². The van der Waals surface area contributed by atoms with Gasteiger partial charge in [0.1, 0.15) is 0 Å². The highest BCUT2D eigenvalue weighted by atomic mass is 35.6. The van der Waals surface area contributed by atoms with E-state index >= 15 is 0 Å². The van der Waals surface area contributed by atoms with Crippen LogP contribution in [0.1, 0.15) is 11.6 Å². The maximum absolute atomic E-state index is 5.90. The fraction of sp³-hybridized carbons (Fsp3) is 0.118. The fourth-order valence-electron chi connectivity index (χ4n) is 2.06. The smallest absolute Gasteiger partial charge is 0.209 e. The average Bonchev–Trinajstić information content (AvgIpc) is 2.61. The Morgan fingerprint density at radius 2 is 1.07 bits per heavy atom. The van der Waals surface area contributed by atoms with Gasteiger partial charge in [-0.05, 0) is 24.3 Å². The molecule has 3 aromatic rings. The molecule has 140 valence electrons. The summed E-state index contributed by atoms with van der Waals surface area (Å²) in [5, 5.41) is 0. The molecule has 0 atom stereocenters. The number of hydrogen-bond acceptors (Lipinski definition) is 4. The highest BCUT2D eigenvalue weighted by Gasteiger charge is 2.34. The van der Waals surface area contributed by atoms with Crippen LogP contribution in [0, 0.1) is 0 Å². The molecule has 0 unspecified atom stereocenters. The predicted octanol–water partition coefficient (Wildman–Crippen LogP) is 7.34. The van der Waals surface area contributed by atoms with E-state index in [0.29, 0.717) is 5.56 Å². The Kier molecular flexibility index (Phi) is 6.69. The largest absolute Gasteiger partial charge is 0.250 e. The van der Waals surface area contributed by atoms with Crippen LogP contribution in [-0.4, -0.2) is 15.0 Å². The highest BCUT2D eigenvalue weighted by Crippen LogP contribution is 2.40.